The maximum Gasteiger partial charge on any atom is 0.256 e. The molecular weight excluding hydrogens is 396 g/mol. The SMILES string of the molecule is CN(C)c1ccc(NC(=O)c2ccccc2SCC(=O)NCC2CCCCC2)cn1. The summed E-state index contributed by atoms with van der Waals surface area (Å²) in [4.78, 5) is 32.1. The zero-order chi connectivity index (χ0) is 21.3. The minimum absolute atomic E-state index is 0.0178. The van der Waals surface area contributed by atoms with Crippen molar-refractivity contribution in [1.82, 2.24) is 10.3 Å². The third-order valence-corrected chi connectivity index (χ3v) is 6.34. The molecule has 160 valence electrons. The van der Waals surface area contributed by atoms with E-state index < -0.39 is 0 Å². The van der Waals surface area contributed by atoms with Crippen molar-refractivity contribution in [2.45, 2.75) is 37.0 Å². The highest BCUT2D eigenvalue weighted by molar-refractivity contribution is 8.00. The van der Waals surface area contributed by atoms with E-state index >= 15 is 0 Å². The van der Waals surface area contributed by atoms with E-state index in [2.05, 4.69) is 15.6 Å². The Bertz CT molecular complexity index is 849. The van der Waals surface area contributed by atoms with Crippen LogP contribution in [0.4, 0.5) is 11.5 Å². The summed E-state index contributed by atoms with van der Waals surface area (Å²) >= 11 is 1.39. The summed E-state index contributed by atoms with van der Waals surface area (Å²) in [7, 11) is 3.83. The van der Waals surface area contributed by atoms with E-state index in [1.54, 1.807) is 12.3 Å². The first-order chi connectivity index (χ1) is 14.5. The van der Waals surface area contributed by atoms with Crippen LogP contribution in [0.5, 0.6) is 0 Å². The summed E-state index contributed by atoms with van der Waals surface area (Å²) in [5, 5.41) is 5.94. The van der Waals surface area contributed by atoms with Gasteiger partial charge in [-0.05, 0) is 43.0 Å². The highest BCUT2D eigenvalue weighted by atomic mass is 32.2. The lowest BCUT2D eigenvalue weighted by Crippen LogP contribution is -2.31. The first-order valence-electron chi connectivity index (χ1n) is 10.5. The zero-order valence-electron chi connectivity index (χ0n) is 17.7. The van der Waals surface area contributed by atoms with Crippen LogP contribution in [0.2, 0.25) is 0 Å². The summed E-state index contributed by atoms with van der Waals surface area (Å²) in [5.41, 5.74) is 1.19. The Morgan fingerprint density at radius 3 is 2.57 bits per heavy atom. The topological polar surface area (TPSA) is 74.3 Å². The van der Waals surface area contributed by atoms with Crippen LogP contribution in [-0.4, -0.2) is 43.2 Å². The number of amides is 2. The van der Waals surface area contributed by atoms with Gasteiger partial charge in [0.2, 0.25) is 5.91 Å². The van der Waals surface area contributed by atoms with E-state index in [-0.39, 0.29) is 11.8 Å². The van der Waals surface area contributed by atoms with Crippen LogP contribution in [-0.2, 0) is 4.79 Å². The normalized spacial score (nSPS) is 14.2. The van der Waals surface area contributed by atoms with E-state index in [0.29, 0.717) is 22.9 Å². The van der Waals surface area contributed by atoms with Crippen LogP contribution < -0.4 is 15.5 Å². The largest absolute Gasteiger partial charge is 0.363 e. The number of carbonyl (C=O) groups is 2. The number of nitrogens with one attached hydrogen (secondary N) is 2. The molecule has 2 amide bonds. The van der Waals surface area contributed by atoms with E-state index in [9.17, 15) is 9.59 Å². The lowest BCUT2D eigenvalue weighted by atomic mass is 9.89. The molecule has 7 heteroatoms. The molecule has 3 rings (SSSR count). The molecule has 1 aliphatic rings. The summed E-state index contributed by atoms with van der Waals surface area (Å²) in [5.74, 6) is 1.54. The van der Waals surface area contributed by atoms with Crippen LogP contribution >= 0.6 is 11.8 Å². The van der Waals surface area contributed by atoms with Gasteiger partial charge < -0.3 is 15.5 Å². The number of hydrogen-bond donors (Lipinski definition) is 2. The van der Waals surface area contributed by atoms with Gasteiger partial charge in [-0.3, -0.25) is 9.59 Å². The fraction of sp³-hybridized carbons (Fsp3) is 0.435. The van der Waals surface area contributed by atoms with E-state index in [1.807, 2.05) is 49.3 Å². The predicted molar refractivity (Wildman–Crippen MR) is 123 cm³/mol. The highest BCUT2D eigenvalue weighted by Crippen LogP contribution is 2.25. The van der Waals surface area contributed by atoms with Gasteiger partial charge in [-0.15, -0.1) is 11.8 Å². The van der Waals surface area contributed by atoms with Crippen LogP contribution in [0.3, 0.4) is 0 Å². The van der Waals surface area contributed by atoms with Crippen molar-refractivity contribution in [2.75, 3.05) is 36.6 Å². The molecule has 2 N–H and O–H groups in total. The summed E-state index contributed by atoms with van der Waals surface area (Å²) in [6.45, 7) is 0.761. The lowest BCUT2D eigenvalue weighted by molar-refractivity contribution is -0.118. The Labute approximate surface area is 182 Å². The van der Waals surface area contributed by atoms with Crippen molar-refractivity contribution in [3.8, 4) is 0 Å². The van der Waals surface area contributed by atoms with E-state index in [1.165, 1.54) is 43.9 Å². The van der Waals surface area contributed by atoms with Gasteiger partial charge >= 0.3 is 0 Å². The summed E-state index contributed by atoms with van der Waals surface area (Å²) in [6, 6.07) is 11.0. The molecule has 0 bridgehead atoms. The van der Waals surface area contributed by atoms with Crippen molar-refractivity contribution < 1.29 is 9.59 Å². The van der Waals surface area contributed by atoms with Crippen molar-refractivity contribution in [3.63, 3.8) is 0 Å². The maximum atomic E-state index is 12.8. The van der Waals surface area contributed by atoms with Crippen molar-refractivity contribution in [2.24, 2.45) is 5.92 Å². The van der Waals surface area contributed by atoms with Crippen LogP contribution in [0.25, 0.3) is 0 Å². The fourth-order valence-corrected chi connectivity index (χ4v) is 4.43. The number of nitrogens with zero attached hydrogens (tertiary/aromatic N) is 2. The standard InChI is InChI=1S/C23H30N4O2S/c1-27(2)21-13-12-18(15-24-21)26-23(29)19-10-6-7-11-20(19)30-16-22(28)25-14-17-8-4-3-5-9-17/h6-7,10-13,15,17H,3-5,8-9,14,16H2,1-2H3,(H,25,28)(H,26,29). The van der Waals surface area contributed by atoms with Gasteiger partial charge in [0.25, 0.3) is 5.91 Å². The van der Waals surface area contributed by atoms with Gasteiger partial charge in [0.15, 0.2) is 0 Å². The van der Waals surface area contributed by atoms with Crippen LogP contribution in [0.15, 0.2) is 47.5 Å². The number of carbonyl (C=O) groups excluding carboxylic acids is 2. The second kappa shape index (κ2) is 11.0. The van der Waals surface area contributed by atoms with Crippen molar-refractivity contribution in [3.05, 3.63) is 48.2 Å². The Hall–Kier alpha value is -2.54. The lowest BCUT2D eigenvalue weighted by Gasteiger charge is -2.21. The molecule has 1 heterocycles. The minimum Gasteiger partial charge on any atom is -0.363 e. The number of anilines is 2. The summed E-state index contributed by atoms with van der Waals surface area (Å²) < 4.78 is 0. The molecule has 1 saturated carbocycles. The van der Waals surface area contributed by atoms with E-state index in [0.717, 1.165) is 17.3 Å². The average Bonchev–Trinajstić information content (AvgIpc) is 2.77. The molecule has 0 saturated heterocycles. The molecule has 0 radical (unpaired) electrons. The molecule has 30 heavy (non-hydrogen) atoms. The second-order valence-electron chi connectivity index (χ2n) is 7.85. The number of aromatic nitrogens is 1. The minimum atomic E-state index is -0.208. The number of benzene rings is 1. The molecule has 0 unspecified atom stereocenters. The first-order valence-corrected chi connectivity index (χ1v) is 11.4. The molecule has 1 aliphatic carbocycles. The third kappa shape index (κ3) is 6.49. The molecule has 0 spiro atoms. The van der Waals surface area contributed by atoms with Gasteiger partial charge in [-0.2, -0.15) is 0 Å². The third-order valence-electron chi connectivity index (χ3n) is 5.27. The Morgan fingerprint density at radius 1 is 1.10 bits per heavy atom. The quantitative estimate of drug-likeness (QED) is 0.619. The second-order valence-corrected chi connectivity index (χ2v) is 8.86. The van der Waals surface area contributed by atoms with Gasteiger partial charge in [-0.25, -0.2) is 4.98 Å². The predicted octanol–water partition coefficient (Wildman–Crippen LogP) is 4.19. The Kier molecular flexibility index (Phi) is 8.13. The maximum absolute atomic E-state index is 12.8. The molecule has 0 aliphatic heterocycles. The number of thioether (sulfide) groups is 1. The molecular formula is C23H30N4O2S. The Morgan fingerprint density at radius 2 is 1.87 bits per heavy atom. The van der Waals surface area contributed by atoms with Gasteiger partial charge in [-0.1, -0.05) is 31.4 Å². The highest BCUT2D eigenvalue weighted by Gasteiger charge is 2.16. The average molecular weight is 427 g/mol. The van der Waals surface area contributed by atoms with Crippen LogP contribution in [0, 0.1) is 5.92 Å². The number of hydrogen-bond acceptors (Lipinski definition) is 5. The smallest absolute Gasteiger partial charge is 0.256 e. The molecule has 0 atom stereocenters. The molecule has 6 nitrogen and oxygen atoms in total. The van der Waals surface area contributed by atoms with Gasteiger partial charge in [0.05, 0.1) is 23.2 Å². The monoisotopic (exact) mass is 426 g/mol. The fourth-order valence-electron chi connectivity index (χ4n) is 3.55. The molecule has 1 aromatic carbocycles. The zero-order valence-corrected chi connectivity index (χ0v) is 18.5. The van der Waals surface area contributed by atoms with Gasteiger partial charge in [0.1, 0.15) is 5.82 Å². The van der Waals surface area contributed by atoms with Gasteiger partial charge in [0, 0.05) is 25.5 Å². The first kappa shape index (κ1) is 22.2. The van der Waals surface area contributed by atoms with Crippen molar-refractivity contribution in [1.29, 1.82) is 0 Å². The Balaban J connectivity index is 1.54. The molecule has 2 aromatic rings. The van der Waals surface area contributed by atoms with E-state index in [4.69, 9.17) is 0 Å². The number of rotatable bonds is 8. The molecule has 1 fully saturated rings. The van der Waals surface area contributed by atoms with Crippen LogP contribution in [0.1, 0.15) is 42.5 Å². The number of pyridine rings is 1. The van der Waals surface area contributed by atoms with Crippen molar-refractivity contribution >= 4 is 35.1 Å². The molecule has 1 aromatic heterocycles. The summed E-state index contributed by atoms with van der Waals surface area (Å²) in [6.07, 6.45) is 7.91.